The molecule has 3 rings (SSSR count). The topological polar surface area (TPSA) is 50.8 Å². The molecule has 0 aliphatic carbocycles. The van der Waals surface area contributed by atoms with Crippen molar-refractivity contribution in [2.45, 2.75) is 38.3 Å². The predicted octanol–water partition coefficient (Wildman–Crippen LogP) is 1.82. The van der Waals surface area contributed by atoms with Gasteiger partial charge < -0.3 is 14.8 Å². The van der Waals surface area contributed by atoms with E-state index in [0.717, 1.165) is 44.0 Å². The lowest BCUT2D eigenvalue weighted by atomic mass is 9.89. The highest BCUT2D eigenvalue weighted by Gasteiger charge is 2.32. The van der Waals surface area contributed by atoms with Crippen LogP contribution in [0.15, 0.2) is 24.3 Å². The number of nitrogens with one attached hydrogen (secondary N) is 1. The van der Waals surface area contributed by atoms with Gasteiger partial charge in [-0.3, -0.25) is 9.69 Å². The molecule has 120 valence electrons. The molecule has 22 heavy (non-hydrogen) atoms. The van der Waals surface area contributed by atoms with Gasteiger partial charge in [-0.1, -0.05) is 12.1 Å². The van der Waals surface area contributed by atoms with Crippen LogP contribution >= 0.6 is 0 Å². The van der Waals surface area contributed by atoms with Crippen LogP contribution in [0.1, 0.15) is 26.7 Å². The van der Waals surface area contributed by atoms with Crippen LogP contribution in [0.3, 0.4) is 0 Å². The molecule has 5 heteroatoms. The Labute approximate surface area is 131 Å². The Hall–Kier alpha value is -1.75. The Balaban J connectivity index is 1.51. The van der Waals surface area contributed by atoms with Crippen LogP contribution in [-0.2, 0) is 4.79 Å². The number of rotatable bonds is 3. The molecular weight excluding hydrogens is 280 g/mol. The van der Waals surface area contributed by atoms with Crippen LogP contribution in [0.5, 0.6) is 11.5 Å². The Kier molecular flexibility index (Phi) is 4.25. The second-order valence-corrected chi connectivity index (χ2v) is 6.54. The second kappa shape index (κ2) is 6.16. The summed E-state index contributed by atoms with van der Waals surface area (Å²) in [7, 11) is 0. The second-order valence-electron chi connectivity index (χ2n) is 6.54. The number of likely N-dealkylation sites (tertiary alicyclic amines) is 1. The molecule has 0 radical (unpaired) electrons. The van der Waals surface area contributed by atoms with E-state index in [1.807, 2.05) is 24.3 Å². The molecule has 1 aromatic rings. The zero-order valence-corrected chi connectivity index (χ0v) is 13.3. The van der Waals surface area contributed by atoms with Crippen molar-refractivity contribution >= 4 is 5.91 Å². The van der Waals surface area contributed by atoms with Gasteiger partial charge in [-0.05, 0) is 31.9 Å². The fourth-order valence-electron chi connectivity index (χ4n) is 3.22. The number of benzene rings is 1. The van der Waals surface area contributed by atoms with Gasteiger partial charge in [0.2, 0.25) is 5.91 Å². The largest absolute Gasteiger partial charge is 0.486 e. The standard InChI is InChI=1S/C17H24N2O3/c1-13(20)18-17(2)7-9-19(10-8-17)11-14-12-21-15-5-3-4-6-16(15)22-14/h3-6,14H,7-12H2,1-2H3,(H,18,20)/t14-/m0/s1. The smallest absolute Gasteiger partial charge is 0.217 e. The van der Waals surface area contributed by atoms with E-state index in [1.54, 1.807) is 6.92 Å². The summed E-state index contributed by atoms with van der Waals surface area (Å²) in [4.78, 5) is 13.7. The Morgan fingerprint density at radius 1 is 1.32 bits per heavy atom. The summed E-state index contributed by atoms with van der Waals surface area (Å²) in [6, 6.07) is 7.80. The highest BCUT2D eigenvalue weighted by atomic mass is 16.6. The summed E-state index contributed by atoms with van der Waals surface area (Å²) in [6.45, 7) is 7.11. The average molecular weight is 304 g/mol. The Morgan fingerprint density at radius 3 is 2.68 bits per heavy atom. The molecule has 2 aliphatic heterocycles. The highest BCUT2D eigenvalue weighted by molar-refractivity contribution is 5.73. The molecule has 0 bridgehead atoms. The third kappa shape index (κ3) is 3.53. The van der Waals surface area contributed by atoms with E-state index >= 15 is 0 Å². The van der Waals surface area contributed by atoms with Gasteiger partial charge in [-0.25, -0.2) is 0 Å². The minimum absolute atomic E-state index is 0.0524. The molecule has 0 aromatic heterocycles. The van der Waals surface area contributed by atoms with Crippen LogP contribution in [0.25, 0.3) is 0 Å². The maximum Gasteiger partial charge on any atom is 0.217 e. The first-order valence-corrected chi connectivity index (χ1v) is 7.94. The number of hydrogen-bond acceptors (Lipinski definition) is 4. The summed E-state index contributed by atoms with van der Waals surface area (Å²) in [6.07, 6.45) is 2.01. The highest BCUT2D eigenvalue weighted by Crippen LogP contribution is 2.31. The number of fused-ring (bicyclic) bond motifs is 1. The van der Waals surface area contributed by atoms with Crippen LogP contribution in [0.4, 0.5) is 0 Å². The molecule has 1 amide bonds. The molecule has 5 nitrogen and oxygen atoms in total. The molecule has 1 atom stereocenters. The first kappa shape index (κ1) is 15.2. The lowest BCUT2D eigenvalue weighted by molar-refractivity contribution is -0.121. The Morgan fingerprint density at radius 2 is 2.00 bits per heavy atom. The molecule has 2 heterocycles. The maximum absolute atomic E-state index is 11.3. The Bertz CT molecular complexity index is 538. The number of ether oxygens (including phenoxy) is 2. The zero-order chi connectivity index (χ0) is 15.6. The summed E-state index contributed by atoms with van der Waals surface area (Å²) in [5, 5.41) is 3.07. The number of nitrogens with zero attached hydrogens (tertiary/aromatic N) is 1. The summed E-state index contributed by atoms with van der Waals surface area (Å²) < 4.78 is 11.8. The number of hydrogen-bond donors (Lipinski definition) is 1. The van der Waals surface area contributed by atoms with E-state index in [4.69, 9.17) is 9.47 Å². The average Bonchev–Trinajstić information content (AvgIpc) is 2.49. The van der Waals surface area contributed by atoms with E-state index in [0.29, 0.717) is 6.61 Å². The van der Waals surface area contributed by atoms with Gasteiger partial charge in [-0.15, -0.1) is 0 Å². The number of carbonyl (C=O) groups is 1. The number of amides is 1. The molecule has 1 N–H and O–H groups in total. The zero-order valence-electron chi connectivity index (χ0n) is 13.3. The molecule has 0 saturated carbocycles. The molecule has 0 unspecified atom stereocenters. The minimum Gasteiger partial charge on any atom is -0.486 e. The van der Waals surface area contributed by atoms with Crippen molar-refractivity contribution in [2.24, 2.45) is 0 Å². The van der Waals surface area contributed by atoms with Crippen molar-refractivity contribution < 1.29 is 14.3 Å². The quantitative estimate of drug-likeness (QED) is 0.925. The number of para-hydroxylation sites is 2. The summed E-state index contributed by atoms with van der Waals surface area (Å²) in [5.41, 5.74) is -0.0706. The molecule has 1 saturated heterocycles. The van der Waals surface area contributed by atoms with Gasteiger partial charge in [0.25, 0.3) is 0 Å². The van der Waals surface area contributed by atoms with Gasteiger partial charge in [0, 0.05) is 32.1 Å². The van der Waals surface area contributed by atoms with Gasteiger partial charge in [-0.2, -0.15) is 0 Å². The van der Waals surface area contributed by atoms with Crippen molar-refractivity contribution in [2.75, 3.05) is 26.2 Å². The van der Waals surface area contributed by atoms with Crippen LogP contribution in [0, 0.1) is 0 Å². The maximum atomic E-state index is 11.3. The number of piperidine rings is 1. The lowest BCUT2D eigenvalue weighted by Gasteiger charge is -2.41. The lowest BCUT2D eigenvalue weighted by Crippen LogP contribution is -2.54. The van der Waals surface area contributed by atoms with Crippen molar-refractivity contribution in [1.29, 1.82) is 0 Å². The fourth-order valence-corrected chi connectivity index (χ4v) is 3.22. The van der Waals surface area contributed by atoms with Crippen LogP contribution in [-0.4, -0.2) is 48.7 Å². The molecule has 0 spiro atoms. The van der Waals surface area contributed by atoms with E-state index in [-0.39, 0.29) is 17.6 Å². The summed E-state index contributed by atoms with van der Waals surface area (Å²) >= 11 is 0. The third-order valence-electron chi connectivity index (χ3n) is 4.47. The van der Waals surface area contributed by atoms with Gasteiger partial charge in [0.15, 0.2) is 11.5 Å². The normalized spacial score (nSPS) is 23.8. The van der Waals surface area contributed by atoms with Crippen molar-refractivity contribution in [1.82, 2.24) is 10.2 Å². The molecule has 1 aromatic carbocycles. The fraction of sp³-hybridized carbons (Fsp3) is 0.588. The van der Waals surface area contributed by atoms with E-state index < -0.39 is 0 Å². The van der Waals surface area contributed by atoms with Gasteiger partial charge in [0.05, 0.1) is 0 Å². The van der Waals surface area contributed by atoms with Crippen LogP contribution < -0.4 is 14.8 Å². The first-order valence-electron chi connectivity index (χ1n) is 7.94. The van der Waals surface area contributed by atoms with Crippen LogP contribution in [0.2, 0.25) is 0 Å². The van der Waals surface area contributed by atoms with Gasteiger partial charge >= 0.3 is 0 Å². The van der Waals surface area contributed by atoms with Crippen molar-refractivity contribution in [3.8, 4) is 11.5 Å². The summed E-state index contributed by atoms with van der Waals surface area (Å²) in [5.74, 6) is 1.71. The molecular formula is C17H24N2O3. The first-order chi connectivity index (χ1) is 10.5. The predicted molar refractivity (Wildman–Crippen MR) is 84.2 cm³/mol. The SMILES string of the molecule is CC(=O)NC1(C)CCN(C[C@H]2COc3ccccc3O2)CC1. The monoisotopic (exact) mass is 304 g/mol. The third-order valence-corrected chi connectivity index (χ3v) is 4.47. The van der Waals surface area contributed by atoms with Crippen molar-refractivity contribution in [3.63, 3.8) is 0 Å². The molecule has 2 aliphatic rings. The van der Waals surface area contributed by atoms with E-state index in [9.17, 15) is 4.79 Å². The van der Waals surface area contributed by atoms with E-state index in [2.05, 4.69) is 17.1 Å². The van der Waals surface area contributed by atoms with E-state index in [1.165, 1.54) is 0 Å². The minimum atomic E-state index is -0.0706. The van der Waals surface area contributed by atoms with Gasteiger partial charge in [0.1, 0.15) is 12.7 Å². The number of carbonyl (C=O) groups excluding carboxylic acids is 1. The van der Waals surface area contributed by atoms with Crippen molar-refractivity contribution in [3.05, 3.63) is 24.3 Å². The molecule has 1 fully saturated rings.